The van der Waals surface area contributed by atoms with E-state index in [1.807, 2.05) is 18.2 Å². The second-order valence-corrected chi connectivity index (χ2v) is 5.60. The standard InChI is InChI=1S/C15H14FN3S/c16-13-8-7-12(10-4-1-2-5-11(10)13)15-19-18-14(20-15)6-3-9-17/h1-2,4-5,7-8H,3,6,9,17H2. The summed E-state index contributed by atoms with van der Waals surface area (Å²) in [5.74, 6) is -0.211. The molecule has 0 radical (unpaired) electrons. The maximum Gasteiger partial charge on any atom is 0.148 e. The number of rotatable bonds is 4. The Labute approximate surface area is 120 Å². The number of aromatic nitrogens is 2. The van der Waals surface area contributed by atoms with E-state index in [-0.39, 0.29) is 5.82 Å². The highest BCUT2D eigenvalue weighted by Crippen LogP contribution is 2.32. The minimum Gasteiger partial charge on any atom is -0.330 e. The summed E-state index contributed by atoms with van der Waals surface area (Å²) in [4.78, 5) is 0. The Morgan fingerprint density at radius 2 is 1.85 bits per heavy atom. The van der Waals surface area contributed by atoms with Gasteiger partial charge in [-0.05, 0) is 30.5 Å². The van der Waals surface area contributed by atoms with Crippen LogP contribution in [0.1, 0.15) is 11.4 Å². The van der Waals surface area contributed by atoms with Crippen molar-refractivity contribution in [2.45, 2.75) is 12.8 Å². The van der Waals surface area contributed by atoms with E-state index in [0.717, 1.165) is 33.8 Å². The first-order chi connectivity index (χ1) is 9.79. The third kappa shape index (κ3) is 2.42. The molecule has 5 heteroatoms. The normalized spacial score (nSPS) is 11.1. The molecule has 0 aliphatic rings. The fourth-order valence-corrected chi connectivity index (χ4v) is 3.09. The van der Waals surface area contributed by atoms with E-state index in [2.05, 4.69) is 10.2 Å². The maximum atomic E-state index is 13.8. The Morgan fingerprint density at radius 1 is 1.05 bits per heavy atom. The topological polar surface area (TPSA) is 51.8 Å². The SMILES string of the molecule is NCCCc1nnc(-c2ccc(F)c3ccccc23)s1. The van der Waals surface area contributed by atoms with E-state index in [4.69, 9.17) is 5.73 Å². The zero-order valence-electron chi connectivity index (χ0n) is 10.8. The third-order valence-corrected chi connectivity index (χ3v) is 4.18. The van der Waals surface area contributed by atoms with Crippen LogP contribution in [0.4, 0.5) is 4.39 Å². The van der Waals surface area contributed by atoms with Crippen molar-refractivity contribution < 1.29 is 4.39 Å². The van der Waals surface area contributed by atoms with Crippen LogP contribution in [0.3, 0.4) is 0 Å². The van der Waals surface area contributed by atoms with Crippen LogP contribution in [0.25, 0.3) is 21.3 Å². The minimum absolute atomic E-state index is 0.211. The molecule has 0 amide bonds. The lowest BCUT2D eigenvalue weighted by Crippen LogP contribution is -1.99. The van der Waals surface area contributed by atoms with Gasteiger partial charge in [-0.15, -0.1) is 10.2 Å². The molecule has 1 heterocycles. The molecular weight excluding hydrogens is 273 g/mol. The monoisotopic (exact) mass is 287 g/mol. The zero-order chi connectivity index (χ0) is 13.9. The van der Waals surface area contributed by atoms with Gasteiger partial charge < -0.3 is 5.73 Å². The number of halogens is 1. The highest BCUT2D eigenvalue weighted by Gasteiger charge is 2.11. The van der Waals surface area contributed by atoms with Gasteiger partial charge in [-0.2, -0.15) is 0 Å². The van der Waals surface area contributed by atoms with Gasteiger partial charge in [-0.25, -0.2) is 4.39 Å². The summed E-state index contributed by atoms with van der Waals surface area (Å²) in [6, 6.07) is 10.7. The van der Waals surface area contributed by atoms with Gasteiger partial charge in [-0.3, -0.25) is 0 Å². The molecule has 3 nitrogen and oxygen atoms in total. The van der Waals surface area contributed by atoms with Crippen molar-refractivity contribution in [3.05, 3.63) is 47.2 Å². The fraction of sp³-hybridized carbons (Fsp3) is 0.200. The Balaban J connectivity index is 2.06. The fourth-order valence-electron chi connectivity index (χ4n) is 2.17. The number of benzene rings is 2. The van der Waals surface area contributed by atoms with Crippen molar-refractivity contribution in [3.8, 4) is 10.6 Å². The smallest absolute Gasteiger partial charge is 0.148 e. The van der Waals surface area contributed by atoms with Crippen molar-refractivity contribution in [3.63, 3.8) is 0 Å². The summed E-state index contributed by atoms with van der Waals surface area (Å²) in [5.41, 5.74) is 6.43. The number of aryl methyl sites for hydroxylation is 1. The Hall–Kier alpha value is -1.85. The zero-order valence-corrected chi connectivity index (χ0v) is 11.7. The van der Waals surface area contributed by atoms with Crippen LogP contribution >= 0.6 is 11.3 Å². The van der Waals surface area contributed by atoms with Crippen LogP contribution in [0.15, 0.2) is 36.4 Å². The molecule has 0 spiro atoms. The number of hydrogen-bond acceptors (Lipinski definition) is 4. The Bertz CT molecular complexity index is 739. The van der Waals surface area contributed by atoms with E-state index in [1.54, 1.807) is 23.5 Å². The van der Waals surface area contributed by atoms with Crippen molar-refractivity contribution in [1.82, 2.24) is 10.2 Å². The lowest BCUT2D eigenvalue weighted by Gasteiger charge is -2.04. The molecule has 0 bridgehead atoms. The molecule has 2 N–H and O–H groups in total. The van der Waals surface area contributed by atoms with Crippen LogP contribution in [0.5, 0.6) is 0 Å². The summed E-state index contributed by atoms with van der Waals surface area (Å²) in [6.07, 6.45) is 1.74. The Morgan fingerprint density at radius 3 is 2.65 bits per heavy atom. The first-order valence-corrected chi connectivity index (χ1v) is 7.31. The van der Waals surface area contributed by atoms with Crippen molar-refractivity contribution >= 4 is 22.1 Å². The predicted octanol–water partition coefficient (Wildman–Crippen LogP) is 3.39. The van der Waals surface area contributed by atoms with Crippen LogP contribution in [-0.4, -0.2) is 16.7 Å². The molecular formula is C15H14FN3S. The summed E-state index contributed by atoms with van der Waals surface area (Å²) in [7, 11) is 0. The van der Waals surface area contributed by atoms with Gasteiger partial charge in [-0.1, -0.05) is 35.6 Å². The van der Waals surface area contributed by atoms with Gasteiger partial charge in [0.05, 0.1) is 0 Å². The third-order valence-electron chi connectivity index (χ3n) is 3.16. The molecule has 102 valence electrons. The van der Waals surface area contributed by atoms with Gasteiger partial charge in [0, 0.05) is 17.4 Å². The quantitative estimate of drug-likeness (QED) is 0.800. The number of fused-ring (bicyclic) bond motifs is 1. The molecule has 0 fully saturated rings. The average molecular weight is 287 g/mol. The molecule has 0 unspecified atom stereocenters. The molecule has 0 saturated heterocycles. The first-order valence-electron chi connectivity index (χ1n) is 6.49. The second kappa shape index (κ2) is 5.64. The highest BCUT2D eigenvalue weighted by atomic mass is 32.1. The summed E-state index contributed by atoms with van der Waals surface area (Å²) < 4.78 is 13.8. The molecule has 3 aromatic rings. The van der Waals surface area contributed by atoms with E-state index >= 15 is 0 Å². The maximum absolute atomic E-state index is 13.8. The van der Waals surface area contributed by atoms with Crippen LogP contribution < -0.4 is 5.73 Å². The van der Waals surface area contributed by atoms with Gasteiger partial charge in [0.2, 0.25) is 0 Å². The van der Waals surface area contributed by atoms with E-state index in [1.165, 1.54) is 6.07 Å². The summed E-state index contributed by atoms with van der Waals surface area (Å²) >= 11 is 1.55. The molecule has 0 aliphatic heterocycles. The van der Waals surface area contributed by atoms with Gasteiger partial charge >= 0.3 is 0 Å². The molecule has 0 aliphatic carbocycles. The van der Waals surface area contributed by atoms with Crippen molar-refractivity contribution in [2.24, 2.45) is 5.73 Å². The van der Waals surface area contributed by atoms with Gasteiger partial charge in [0.25, 0.3) is 0 Å². The molecule has 1 aromatic heterocycles. The molecule has 20 heavy (non-hydrogen) atoms. The van der Waals surface area contributed by atoms with E-state index in [0.29, 0.717) is 11.9 Å². The highest BCUT2D eigenvalue weighted by molar-refractivity contribution is 7.14. The van der Waals surface area contributed by atoms with Gasteiger partial charge in [0.15, 0.2) is 0 Å². The number of nitrogens with zero attached hydrogens (tertiary/aromatic N) is 2. The summed E-state index contributed by atoms with van der Waals surface area (Å²) in [5, 5.41) is 11.7. The molecule has 3 rings (SSSR count). The van der Waals surface area contributed by atoms with E-state index < -0.39 is 0 Å². The lowest BCUT2D eigenvalue weighted by atomic mass is 10.0. The van der Waals surface area contributed by atoms with Crippen molar-refractivity contribution in [1.29, 1.82) is 0 Å². The average Bonchev–Trinajstić information content (AvgIpc) is 2.94. The van der Waals surface area contributed by atoms with Crippen molar-refractivity contribution in [2.75, 3.05) is 6.54 Å². The lowest BCUT2D eigenvalue weighted by molar-refractivity contribution is 0.640. The van der Waals surface area contributed by atoms with E-state index in [9.17, 15) is 4.39 Å². The van der Waals surface area contributed by atoms with Gasteiger partial charge in [0.1, 0.15) is 15.8 Å². The van der Waals surface area contributed by atoms with Crippen LogP contribution in [0.2, 0.25) is 0 Å². The number of nitrogens with two attached hydrogens (primary N) is 1. The van der Waals surface area contributed by atoms with Crippen LogP contribution in [-0.2, 0) is 6.42 Å². The number of hydrogen-bond donors (Lipinski definition) is 1. The Kier molecular flexibility index (Phi) is 3.71. The minimum atomic E-state index is -0.211. The predicted molar refractivity (Wildman–Crippen MR) is 80.2 cm³/mol. The molecule has 0 atom stereocenters. The largest absolute Gasteiger partial charge is 0.330 e. The first kappa shape index (κ1) is 13.1. The molecule has 0 saturated carbocycles. The summed E-state index contributed by atoms with van der Waals surface area (Å²) in [6.45, 7) is 0.647. The second-order valence-electron chi connectivity index (χ2n) is 4.53. The van der Waals surface area contributed by atoms with Crippen LogP contribution in [0, 0.1) is 5.82 Å². The molecule has 2 aromatic carbocycles.